The average Bonchev–Trinajstić information content (AvgIpc) is 2.90. The van der Waals surface area contributed by atoms with Crippen LogP contribution in [-0.2, 0) is 25.8 Å². The van der Waals surface area contributed by atoms with Crippen molar-refractivity contribution in [3.05, 3.63) is 52.8 Å². The number of hydrogen-bond donors (Lipinski definition) is 0. The van der Waals surface area contributed by atoms with Crippen LogP contribution in [0.1, 0.15) is 29.7 Å². The normalized spacial score (nSPS) is 18.2. The molecule has 0 spiro atoms. The van der Waals surface area contributed by atoms with Gasteiger partial charge in [-0.25, -0.2) is 17.2 Å². The van der Waals surface area contributed by atoms with E-state index in [0.717, 1.165) is 25.3 Å². The van der Waals surface area contributed by atoms with Crippen LogP contribution in [0.15, 0.2) is 35.2 Å². The maximum atomic E-state index is 14.6. The molecular weight excluding hydrogens is 392 g/mol. The van der Waals surface area contributed by atoms with Gasteiger partial charge in [0.1, 0.15) is 23.5 Å². The quantitative estimate of drug-likeness (QED) is 0.722. The summed E-state index contributed by atoms with van der Waals surface area (Å²) in [7, 11) is -3.74. The molecule has 0 heterocycles. The van der Waals surface area contributed by atoms with Crippen molar-refractivity contribution >= 4 is 15.8 Å². The molecule has 9 heteroatoms. The fourth-order valence-electron chi connectivity index (χ4n) is 3.17. The molecular formula is C19H15F2NO5S. The number of nitrogens with zero attached hydrogens (tertiary/aromatic N) is 1. The summed E-state index contributed by atoms with van der Waals surface area (Å²) in [5, 5.41) is 8.95. The second-order valence-corrected chi connectivity index (χ2v) is 8.35. The van der Waals surface area contributed by atoms with Crippen molar-refractivity contribution in [2.75, 3.05) is 6.26 Å². The van der Waals surface area contributed by atoms with Gasteiger partial charge in [0.2, 0.25) is 0 Å². The zero-order chi connectivity index (χ0) is 20.6. The minimum absolute atomic E-state index is 0.00259. The van der Waals surface area contributed by atoms with Gasteiger partial charge in [-0.05, 0) is 24.3 Å². The molecule has 1 aliphatic carbocycles. The molecule has 0 amide bonds. The molecule has 0 aromatic heterocycles. The molecule has 2 aromatic carbocycles. The predicted molar refractivity (Wildman–Crippen MR) is 93.8 cm³/mol. The molecule has 0 unspecified atom stereocenters. The molecule has 28 heavy (non-hydrogen) atoms. The number of sulfone groups is 1. The van der Waals surface area contributed by atoms with E-state index in [-0.39, 0.29) is 39.5 Å². The maximum absolute atomic E-state index is 14.6. The van der Waals surface area contributed by atoms with Crippen LogP contribution in [0.5, 0.6) is 11.5 Å². The summed E-state index contributed by atoms with van der Waals surface area (Å²) in [5.74, 6) is -1.36. The smallest absolute Gasteiger partial charge is 0.303 e. The van der Waals surface area contributed by atoms with Gasteiger partial charge in [0, 0.05) is 36.8 Å². The molecule has 0 N–H and O–H groups in total. The van der Waals surface area contributed by atoms with Crippen molar-refractivity contribution in [2.24, 2.45) is 0 Å². The van der Waals surface area contributed by atoms with E-state index >= 15 is 0 Å². The Morgan fingerprint density at radius 1 is 1.29 bits per heavy atom. The van der Waals surface area contributed by atoms with Crippen LogP contribution in [0.3, 0.4) is 0 Å². The summed E-state index contributed by atoms with van der Waals surface area (Å²) < 4.78 is 63.1. The van der Waals surface area contributed by atoms with Crippen LogP contribution in [0.25, 0.3) is 0 Å². The summed E-state index contributed by atoms with van der Waals surface area (Å²) in [4.78, 5) is 11.2. The molecule has 146 valence electrons. The summed E-state index contributed by atoms with van der Waals surface area (Å²) in [6.45, 7) is 1.10. The Bertz CT molecular complexity index is 1110. The Morgan fingerprint density at radius 2 is 2.00 bits per heavy atom. The number of ether oxygens (including phenoxy) is 2. The highest BCUT2D eigenvalue weighted by Crippen LogP contribution is 2.45. The molecule has 1 aliphatic rings. The SMILES string of the molecule is CC(=O)O[C@H]1c2c(S(C)(=O)=O)ccc(Oc3cc(F)cc(C#N)c3)c2C[C@H]1F. The molecule has 2 atom stereocenters. The van der Waals surface area contributed by atoms with Gasteiger partial charge in [0.05, 0.1) is 16.5 Å². The van der Waals surface area contributed by atoms with Crippen molar-refractivity contribution in [1.82, 2.24) is 0 Å². The fraction of sp³-hybridized carbons (Fsp3) is 0.263. The first-order chi connectivity index (χ1) is 13.1. The van der Waals surface area contributed by atoms with E-state index in [0.29, 0.717) is 0 Å². The fourth-order valence-corrected chi connectivity index (χ4v) is 4.13. The van der Waals surface area contributed by atoms with Gasteiger partial charge in [-0.1, -0.05) is 0 Å². The van der Waals surface area contributed by atoms with Crippen molar-refractivity contribution < 1.29 is 31.5 Å². The lowest BCUT2D eigenvalue weighted by Gasteiger charge is -2.18. The number of nitriles is 1. The van der Waals surface area contributed by atoms with Crippen LogP contribution in [0, 0.1) is 17.1 Å². The number of hydrogen-bond acceptors (Lipinski definition) is 6. The Kier molecular flexibility index (Phi) is 5.08. The Balaban J connectivity index is 2.14. The maximum Gasteiger partial charge on any atom is 0.303 e. The van der Waals surface area contributed by atoms with Crippen LogP contribution in [0.4, 0.5) is 8.78 Å². The van der Waals surface area contributed by atoms with E-state index < -0.39 is 33.9 Å². The molecule has 3 rings (SSSR count). The van der Waals surface area contributed by atoms with Crippen LogP contribution >= 0.6 is 0 Å². The number of carbonyl (C=O) groups is 1. The standard InChI is InChI=1S/C19H15F2NO5S/c1-10(23)26-19-15(21)8-14-16(3-4-17(18(14)19)28(2,24)25)27-13-6-11(9-22)5-12(20)7-13/h3-7,15,19H,8H2,1-2H3/t15-,19-/m1/s1. The van der Waals surface area contributed by atoms with E-state index in [4.69, 9.17) is 14.7 Å². The van der Waals surface area contributed by atoms with Gasteiger partial charge in [-0.2, -0.15) is 5.26 Å². The second kappa shape index (κ2) is 7.20. The molecule has 0 bridgehead atoms. The van der Waals surface area contributed by atoms with Crippen molar-refractivity contribution in [3.8, 4) is 17.6 Å². The largest absolute Gasteiger partial charge is 0.457 e. The number of rotatable bonds is 4. The molecule has 0 saturated carbocycles. The highest BCUT2D eigenvalue weighted by atomic mass is 32.2. The first-order valence-electron chi connectivity index (χ1n) is 8.16. The Morgan fingerprint density at radius 3 is 2.61 bits per heavy atom. The zero-order valence-electron chi connectivity index (χ0n) is 14.9. The van der Waals surface area contributed by atoms with Crippen LogP contribution in [-0.4, -0.2) is 26.8 Å². The number of esters is 1. The summed E-state index contributed by atoms with van der Waals surface area (Å²) in [6.07, 6.45) is -2.33. The van der Waals surface area contributed by atoms with Crippen LogP contribution in [0.2, 0.25) is 0 Å². The van der Waals surface area contributed by atoms with E-state index in [1.54, 1.807) is 6.07 Å². The van der Waals surface area contributed by atoms with Crippen molar-refractivity contribution in [1.29, 1.82) is 5.26 Å². The first-order valence-corrected chi connectivity index (χ1v) is 10.0. The summed E-state index contributed by atoms with van der Waals surface area (Å²) >= 11 is 0. The lowest BCUT2D eigenvalue weighted by atomic mass is 10.1. The molecule has 6 nitrogen and oxygen atoms in total. The monoisotopic (exact) mass is 407 g/mol. The zero-order valence-corrected chi connectivity index (χ0v) is 15.7. The summed E-state index contributed by atoms with van der Waals surface area (Å²) in [6, 6.07) is 7.72. The number of halogens is 2. The highest BCUT2D eigenvalue weighted by Gasteiger charge is 2.41. The van der Waals surface area contributed by atoms with Gasteiger partial charge in [0.25, 0.3) is 0 Å². The van der Waals surface area contributed by atoms with E-state index in [1.807, 2.05) is 0 Å². The van der Waals surface area contributed by atoms with E-state index in [9.17, 15) is 22.0 Å². The second-order valence-electron chi connectivity index (χ2n) is 6.37. The molecule has 0 radical (unpaired) electrons. The van der Waals surface area contributed by atoms with Gasteiger partial charge in [0.15, 0.2) is 15.9 Å². The van der Waals surface area contributed by atoms with Crippen molar-refractivity contribution in [2.45, 2.75) is 30.5 Å². The highest BCUT2D eigenvalue weighted by molar-refractivity contribution is 7.90. The Labute approximate surface area is 160 Å². The number of carbonyl (C=O) groups excluding carboxylic acids is 1. The summed E-state index contributed by atoms with van der Waals surface area (Å²) in [5.41, 5.74) is 0.254. The predicted octanol–water partition coefficient (Wildman–Crippen LogP) is 3.39. The first kappa shape index (κ1) is 19.8. The Hall–Kier alpha value is -2.99. The lowest BCUT2D eigenvalue weighted by Crippen LogP contribution is -2.17. The number of fused-ring (bicyclic) bond motifs is 1. The average molecular weight is 407 g/mol. The number of alkyl halides is 1. The topological polar surface area (TPSA) is 93.5 Å². The third-order valence-electron chi connectivity index (χ3n) is 4.21. The van der Waals surface area contributed by atoms with Crippen LogP contribution < -0.4 is 4.74 Å². The van der Waals surface area contributed by atoms with Crippen molar-refractivity contribution in [3.63, 3.8) is 0 Å². The third-order valence-corrected chi connectivity index (χ3v) is 5.36. The molecule has 0 saturated heterocycles. The molecule has 2 aromatic rings. The van der Waals surface area contributed by atoms with Gasteiger partial charge >= 0.3 is 5.97 Å². The third kappa shape index (κ3) is 3.82. The lowest BCUT2D eigenvalue weighted by molar-refractivity contribution is -0.149. The van der Waals surface area contributed by atoms with Gasteiger partial charge in [-0.3, -0.25) is 4.79 Å². The minimum atomic E-state index is -3.74. The van der Waals surface area contributed by atoms with E-state index in [2.05, 4.69) is 0 Å². The minimum Gasteiger partial charge on any atom is -0.457 e. The van der Waals surface area contributed by atoms with Gasteiger partial charge in [-0.15, -0.1) is 0 Å². The van der Waals surface area contributed by atoms with E-state index in [1.165, 1.54) is 18.2 Å². The number of benzene rings is 2. The molecule has 0 aliphatic heterocycles. The molecule has 0 fully saturated rings. The van der Waals surface area contributed by atoms with Gasteiger partial charge < -0.3 is 9.47 Å².